The Kier molecular flexibility index (Phi) is 8.02. The number of aromatic nitrogens is 1. The second-order valence-corrected chi connectivity index (χ2v) is 9.81. The van der Waals surface area contributed by atoms with Gasteiger partial charge in [0.05, 0.1) is 28.8 Å². The first-order chi connectivity index (χ1) is 17.7. The lowest BCUT2D eigenvalue weighted by Crippen LogP contribution is -2.37. The van der Waals surface area contributed by atoms with Gasteiger partial charge in [-0.05, 0) is 57.0 Å². The topological polar surface area (TPSA) is 124 Å². The molecule has 2 heterocycles. The van der Waals surface area contributed by atoms with Crippen LogP contribution in [-0.4, -0.2) is 52.9 Å². The Morgan fingerprint density at radius 2 is 1.86 bits per heavy atom. The molecule has 1 aliphatic heterocycles. The maximum atomic E-state index is 12.9. The number of anilines is 1. The summed E-state index contributed by atoms with van der Waals surface area (Å²) in [5.41, 5.74) is 0.901. The summed E-state index contributed by atoms with van der Waals surface area (Å²) in [6, 6.07) is 11.2. The summed E-state index contributed by atoms with van der Waals surface area (Å²) in [7, 11) is 1.42. The number of nitro benzene ring substituents is 1. The summed E-state index contributed by atoms with van der Waals surface area (Å²) in [6.07, 6.45) is 1.56. The van der Waals surface area contributed by atoms with Crippen LogP contribution >= 0.6 is 11.3 Å². The summed E-state index contributed by atoms with van der Waals surface area (Å²) in [5, 5.41) is 16.3. The number of nitrogens with zero attached hydrogens (tertiary/aromatic N) is 3. The van der Waals surface area contributed by atoms with Gasteiger partial charge in [0, 0.05) is 42.1 Å². The standard InChI is InChI=1S/C26H28N4O6S/c1-16(2)36-20-7-4-18(5-8-20)26(32)29-12-10-17(11-13-29)25-28-22(15-37-25)24(31)27-21-14-19(30(33)34)6-9-23(21)35-3/h4-9,14-17H,10-13H2,1-3H3,(H,27,31). The fraction of sp³-hybridized carbons (Fsp3) is 0.346. The Morgan fingerprint density at radius 1 is 1.16 bits per heavy atom. The van der Waals surface area contributed by atoms with Crippen LogP contribution < -0.4 is 14.8 Å². The van der Waals surface area contributed by atoms with Gasteiger partial charge in [0.1, 0.15) is 17.2 Å². The number of hydrogen-bond donors (Lipinski definition) is 1. The van der Waals surface area contributed by atoms with Gasteiger partial charge in [-0.3, -0.25) is 19.7 Å². The second kappa shape index (κ2) is 11.4. The van der Waals surface area contributed by atoms with Crippen LogP contribution in [0, 0.1) is 10.1 Å². The quantitative estimate of drug-likeness (QED) is 0.320. The van der Waals surface area contributed by atoms with Gasteiger partial charge < -0.3 is 19.7 Å². The molecule has 1 aliphatic rings. The molecule has 37 heavy (non-hydrogen) atoms. The van der Waals surface area contributed by atoms with E-state index in [2.05, 4.69) is 10.3 Å². The third-order valence-corrected chi connectivity index (χ3v) is 7.01. The summed E-state index contributed by atoms with van der Waals surface area (Å²) in [5.74, 6) is 0.703. The highest BCUT2D eigenvalue weighted by Gasteiger charge is 2.27. The lowest BCUT2D eigenvalue weighted by Gasteiger charge is -2.31. The fourth-order valence-electron chi connectivity index (χ4n) is 4.13. The van der Waals surface area contributed by atoms with Gasteiger partial charge in [0.25, 0.3) is 17.5 Å². The minimum absolute atomic E-state index is 0.0142. The van der Waals surface area contributed by atoms with Gasteiger partial charge >= 0.3 is 0 Å². The molecule has 0 unspecified atom stereocenters. The average Bonchev–Trinajstić information content (AvgIpc) is 3.39. The van der Waals surface area contributed by atoms with Crippen molar-refractivity contribution in [3.05, 3.63) is 74.2 Å². The van der Waals surface area contributed by atoms with Crippen molar-refractivity contribution in [1.29, 1.82) is 0 Å². The molecule has 1 fully saturated rings. The van der Waals surface area contributed by atoms with E-state index in [1.807, 2.05) is 30.9 Å². The number of rotatable bonds is 8. The number of amides is 2. The van der Waals surface area contributed by atoms with E-state index in [0.29, 0.717) is 24.4 Å². The van der Waals surface area contributed by atoms with Crippen LogP contribution in [0.25, 0.3) is 0 Å². The average molecular weight is 525 g/mol. The van der Waals surface area contributed by atoms with Crippen LogP contribution in [0.1, 0.15) is 58.5 Å². The van der Waals surface area contributed by atoms with Crippen molar-refractivity contribution in [1.82, 2.24) is 9.88 Å². The van der Waals surface area contributed by atoms with Crippen LogP contribution in [-0.2, 0) is 0 Å². The third-order valence-electron chi connectivity index (χ3n) is 6.00. The van der Waals surface area contributed by atoms with Crippen LogP contribution in [0.4, 0.5) is 11.4 Å². The van der Waals surface area contributed by atoms with Gasteiger partial charge in [-0.15, -0.1) is 11.3 Å². The first-order valence-electron chi connectivity index (χ1n) is 11.9. The van der Waals surface area contributed by atoms with E-state index in [1.54, 1.807) is 17.5 Å². The highest BCUT2D eigenvalue weighted by Crippen LogP contribution is 2.32. The number of nitro groups is 1. The summed E-state index contributed by atoms with van der Waals surface area (Å²) >= 11 is 1.40. The zero-order chi connectivity index (χ0) is 26.5. The molecule has 1 aromatic heterocycles. The third kappa shape index (κ3) is 6.23. The van der Waals surface area contributed by atoms with Crippen LogP contribution in [0.5, 0.6) is 11.5 Å². The van der Waals surface area contributed by atoms with Gasteiger partial charge in [0.15, 0.2) is 0 Å². The number of methoxy groups -OCH3 is 1. The van der Waals surface area contributed by atoms with Crippen molar-refractivity contribution >= 4 is 34.5 Å². The largest absolute Gasteiger partial charge is 0.495 e. The minimum atomic E-state index is -0.538. The van der Waals surface area contributed by atoms with Crippen molar-refractivity contribution in [2.24, 2.45) is 0 Å². The van der Waals surface area contributed by atoms with Crippen molar-refractivity contribution in [2.45, 2.75) is 38.7 Å². The van der Waals surface area contributed by atoms with Crippen molar-refractivity contribution in [3.63, 3.8) is 0 Å². The molecule has 1 saturated heterocycles. The van der Waals surface area contributed by atoms with E-state index >= 15 is 0 Å². The molecule has 11 heteroatoms. The lowest BCUT2D eigenvalue weighted by atomic mass is 9.97. The molecular formula is C26H28N4O6S. The Bertz CT molecular complexity index is 1280. The van der Waals surface area contributed by atoms with E-state index in [-0.39, 0.29) is 35.0 Å². The lowest BCUT2D eigenvalue weighted by molar-refractivity contribution is -0.384. The van der Waals surface area contributed by atoms with Crippen LogP contribution in [0.2, 0.25) is 0 Å². The van der Waals surface area contributed by atoms with Crippen LogP contribution in [0.3, 0.4) is 0 Å². The van der Waals surface area contributed by atoms with E-state index in [1.165, 1.54) is 36.6 Å². The molecule has 2 amide bonds. The SMILES string of the molecule is COc1ccc([N+](=O)[O-])cc1NC(=O)c1csc(C2CCN(C(=O)c3ccc(OC(C)C)cc3)CC2)n1. The normalized spacial score (nSPS) is 13.9. The molecule has 0 spiro atoms. The number of likely N-dealkylation sites (tertiary alicyclic amines) is 1. The van der Waals surface area contributed by atoms with E-state index in [0.717, 1.165) is 23.6 Å². The van der Waals surface area contributed by atoms with E-state index in [9.17, 15) is 19.7 Å². The maximum Gasteiger partial charge on any atom is 0.275 e. The summed E-state index contributed by atoms with van der Waals surface area (Å²) in [6.45, 7) is 5.10. The molecule has 0 radical (unpaired) electrons. The number of piperidine rings is 1. The molecule has 3 aromatic rings. The summed E-state index contributed by atoms with van der Waals surface area (Å²) in [4.78, 5) is 42.6. The number of nitrogens with one attached hydrogen (secondary N) is 1. The number of ether oxygens (including phenoxy) is 2. The number of benzene rings is 2. The zero-order valence-electron chi connectivity index (χ0n) is 20.8. The van der Waals surface area contributed by atoms with Crippen molar-refractivity contribution < 1.29 is 24.0 Å². The number of thiazole rings is 1. The molecule has 194 valence electrons. The number of carbonyl (C=O) groups is 2. The van der Waals surface area contributed by atoms with E-state index in [4.69, 9.17) is 9.47 Å². The van der Waals surface area contributed by atoms with Gasteiger partial charge in [-0.1, -0.05) is 0 Å². The Hall–Kier alpha value is -3.99. The molecule has 0 atom stereocenters. The molecule has 0 bridgehead atoms. The highest BCUT2D eigenvalue weighted by atomic mass is 32.1. The smallest absolute Gasteiger partial charge is 0.275 e. The monoisotopic (exact) mass is 524 g/mol. The Labute approximate surface area is 218 Å². The second-order valence-electron chi connectivity index (χ2n) is 8.92. The highest BCUT2D eigenvalue weighted by molar-refractivity contribution is 7.10. The van der Waals surface area contributed by atoms with Gasteiger partial charge in [-0.25, -0.2) is 4.98 Å². The molecular weight excluding hydrogens is 496 g/mol. The van der Waals surface area contributed by atoms with E-state index < -0.39 is 10.8 Å². The molecule has 0 aliphatic carbocycles. The van der Waals surface area contributed by atoms with Crippen molar-refractivity contribution in [2.75, 3.05) is 25.5 Å². The Balaban J connectivity index is 1.35. The minimum Gasteiger partial charge on any atom is -0.495 e. The predicted molar refractivity (Wildman–Crippen MR) is 140 cm³/mol. The zero-order valence-corrected chi connectivity index (χ0v) is 21.6. The number of carbonyl (C=O) groups excluding carboxylic acids is 2. The Morgan fingerprint density at radius 3 is 2.49 bits per heavy atom. The van der Waals surface area contributed by atoms with Gasteiger partial charge in [0.2, 0.25) is 0 Å². The molecule has 0 saturated carbocycles. The number of hydrogen-bond acceptors (Lipinski definition) is 8. The molecule has 10 nitrogen and oxygen atoms in total. The fourth-order valence-corrected chi connectivity index (χ4v) is 5.10. The maximum absolute atomic E-state index is 12.9. The summed E-state index contributed by atoms with van der Waals surface area (Å²) < 4.78 is 10.8. The number of non-ortho nitro benzene ring substituents is 1. The first kappa shape index (κ1) is 26.1. The van der Waals surface area contributed by atoms with Crippen LogP contribution in [0.15, 0.2) is 47.8 Å². The van der Waals surface area contributed by atoms with Gasteiger partial charge in [-0.2, -0.15) is 0 Å². The molecule has 2 aromatic carbocycles. The van der Waals surface area contributed by atoms with Crippen molar-refractivity contribution in [3.8, 4) is 11.5 Å². The first-order valence-corrected chi connectivity index (χ1v) is 12.8. The predicted octanol–water partition coefficient (Wildman–Crippen LogP) is 5.12. The molecule has 4 rings (SSSR count). The molecule has 1 N–H and O–H groups in total.